The number of halogens is 7. The average molecular weight is 862 g/mol. The number of hydrogen-bond acceptors (Lipinski definition) is 4. The van der Waals surface area contributed by atoms with Crippen molar-refractivity contribution in [3.05, 3.63) is 64.3 Å². The molecule has 2 aromatic carbocycles. The van der Waals surface area contributed by atoms with E-state index in [-0.39, 0.29) is 57.3 Å². The highest BCUT2D eigenvalue weighted by Gasteiger charge is 2.32. The number of aromatic hydroxyl groups is 1. The molecular weight excluding hydrogens is 855 g/mol. The second-order valence-corrected chi connectivity index (χ2v) is 11.8. The Balaban J connectivity index is 2.43. The highest BCUT2D eigenvalue weighted by atomic mass is 127. The Hall–Kier alpha value is -0.250. The molecule has 0 aromatic heterocycles. The number of aromatic carboxylic acids is 1. The molecule has 0 radical (unpaired) electrons. The maximum absolute atomic E-state index is 12.7. The highest BCUT2D eigenvalue weighted by molar-refractivity contribution is 14.1. The Kier molecular flexibility index (Phi) is 7.30. The van der Waals surface area contributed by atoms with Gasteiger partial charge >= 0.3 is 5.97 Å². The summed E-state index contributed by atoms with van der Waals surface area (Å²) in [6.07, 6.45) is 0. The van der Waals surface area contributed by atoms with Gasteiger partial charge in [-0.05, 0) is 86.8 Å². The van der Waals surface area contributed by atoms with Crippen LogP contribution < -0.4 is 5.43 Å². The van der Waals surface area contributed by atoms with Crippen LogP contribution in [-0.2, 0) is 0 Å². The van der Waals surface area contributed by atoms with Crippen LogP contribution in [0.1, 0.15) is 15.9 Å². The lowest BCUT2D eigenvalue weighted by molar-refractivity contribution is 0.0698. The van der Waals surface area contributed by atoms with Crippen LogP contribution in [0, 0.1) is 17.6 Å². The predicted octanol–water partition coefficient (Wildman–Crippen LogP) is 8.70. The number of fused-ring (bicyclic) bond motifs is 2. The van der Waals surface area contributed by atoms with E-state index >= 15 is 0 Å². The van der Waals surface area contributed by atoms with Gasteiger partial charge in [0, 0.05) is 27.6 Å². The van der Waals surface area contributed by atoms with Crippen LogP contribution in [0.5, 0.6) is 5.75 Å². The molecule has 170 valence electrons. The van der Waals surface area contributed by atoms with E-state index in [0.29, 0.717) is 29.2 Å². The molecule has 0 atom stereocenters. The van der Waals surface area contributed by atoms with E-state index < -0.39 is 5.97 Å². The van der Waals surface area contributed by atoms with Gasteiger partial charge in [-0.25, -0.2) is 4.79 Å². The van der Waals surface area contributed by atoms with E-state index in [4.69, 9.17) is 50.8 Å². The number of aryl methyl sites for hydroxylation is 1. The van der Waals surface area contributed by atoms with Gasteiger partial charge in [0.1, 0.15) is 14.9 Å². The summed E-state index contributed by atoms with van der Waals surface area (Å²) in [6, 6.07) is 3.23. The summed E-state index contributed by atoms with van der Waals surface area (Å²) in [5.74, 6) is -1.16. The summed E-state index contributed by atoms with van der Waals surface area (Å²) in [7, 11) is 0. The maximum Gasteiger partial charge on any atom is 0.337 e. The molecule has 5 nitrogen and oxygen atoms in total. The number of carbonyl (C=O) groups is 1. The molecule has 33 heavy (non-hydrogen) atoms. The third kappa shape index (κ3) is 4.01. The minimum atomic E-state index is -1.37. The van der Waals surface area contributed by atoms with Gasteiger partial charge in [0.2, 0.25) is 5.43 Å². The fourth-order valence-electron chi connectivity index (χ4n) is 3.52. The molecule has 0 saturated carbocycles. The van der Waals surface area contributed by atoms with Gasteiger partial charge in [-0.1, -0.05) is 46.4 Å². The lowest BCUT2D eigenvalue weighted by atomic mass is 9.90. The summed E-state index contributed by atoms with van der Waals surface area (Å²) < 4.78 is 7.29. The largest absolute Gasteiger partial charge is 0.506 e. The number of phenols is 1. The predicted molar refractivity (Wildman–Crippen MR) is 156 cm³/mol. The summed E-state index contributed by atoms with van der Waals surface area (Å²) in [5.41, 5.74) is 0.857. The first kappa shape index (κ1) is 25.8. The molecule has 4 rings (SSSR count). The normalized spacial score (nSPS) is 11.5. The van der Waals surface area contributed by atoms with Gasteiger partial charge < -0.3 is 14.6 Å². The molecule has 0 amide bonds. The molecule has 1 aliphatic carbocycles. The van der Waals surface area contributed by atoms with Gasteiger partial charge in [-0.3, -0.25) is 4.79 Å². The minimum absolute atomic E-state index is 0.00302. The third-order valence-electron chi connectivity index (χ3n) is 5.04. The van der Waals surface area contributed by atoms with Crippen molar-refractivity contribution in [1.29, 1.82) is 0 Å². The number of carboxylic acids is 1. The molecule has 0 bridgehead atoms. The van der Waals surface area contributed by atoms with Crippen LogP contribution in [0.25, 0.3) is 33.4 Å². The fourth-order valence-corrected chi connectivity index (χ4v) is 7.05. The van der Waals surface area contributed by atoms with Gasteiger partial charge in [-0.15, -0.1) is 0 Å². The second-order valence-electron chi connectivity index (χ2n) is 6.88. The number of carboxylic acid groups (broad SMARTS) is 1. The van der Waals surface area contributed by atoms with Crippen LogP contribution in [0.15, 0.2) is 21.3 Å². The lowest BCUT2D eigenvalue weighted by Crippen LogP contribution is -2.13. The topological polar surface area (TPSA) is 87.7 Å². The summed E-state index contributed by atoms with van der Waals surface area (Å²) in [4.78, 5) is 25.0. The van der Waals surface area contributed by atoms with Crippen molar-refractivity contribution in [2.75, 3.05) is 0 Å². The van der Waals surface area contributed by atoms with Crippen molar-refractivity contribution < 1.29 is 19.4 Å². The quantitative estimate of drug-likeness (QED) is 0.0913. The highest BCUT2D eigenvalue weighted by Crippen LogP contribution is 2.52. The summed E-state index contributed by atoms with van der Waals surface area (Å²) in [5, 5.41) is 20.3. The molecule has 0 unspecified atom stereocenters. The van der Waals surface area contributed by atoms with Gasteiger partial charge in [0.05, 0.1) is 32.8 Å². The Morgan fingerprint density at radius 1 is 0.939 bits per heavy atom. The smallest absolute Gasteiger partial charge is 0.337 e. The average Bonchev–Trinajstić information content (AvgIpc) is 2.76. The van der Waals surface area contributed by atoms with Crippen LogP contribution in [-0.4, -0.2) is 16.2 Å². The third-order valence-corrected chi connectivity index (χ3v) is 9.45. The number of hydrogen-bond donors (Lipinski definition) is 2. The maximum atomic E-state index is 12.7. The van der Waals surface area contributed by atoms with E-state index in [1.54, 1.807) is 19.1 Å². The minimum Gasteiger partial charge on any atom is -0.506 e. The first-order valence-electron chi connectivity index (χ1n) is 8.74. The summed E-state index contributed by atoms with van der Waals surface area (Å²) in [6.45, 7) is 1.65. The Labute approximate surface area is 247 Å². The monoisotopic (exact) mass is 860 g/mol. The van der Waals surface area contributed by atoms with Crippen molar-refractivity contribution >= 4 is 131 Å². The Morgan fingerprint density at radius 2 is 1.55 bits per heavy atom. The molecule has 0 spiro atoms. The first-order valence-corrected chi connectivity index (χ1v) is 13.5. The number of rotatable bonds is 2. The molecule has 1 aliphatic heterocycles. The van der Waals surface area contributed by atoms with Crippen LogP contribution in [0.2, 0.25) is 20.1 Å². The SMILES string of the molecule is Cc1c(O)c(I)cc2c(-c3c(Cl)c(Cl)c(Cl)c(Cl)c3C(=O)O)c3cc(I)c(=O)c(I)c-3oc12. The van der Waals surface area contributed by atoms with Gasteiger partial charge in [0.15, 0.2) is 5.76 Å². The molecular formula is C21H7Cl4I3O5. The zero-order valence-corrected chi connectivity index (χ0v) is 25.4. The molecule has 0 fully saturated rings. The second kappa shape index (κ2) is 9.32. The number of benzene rings is 3. The van der Waals surface area contributed by atoms with Gasteiger partial charge in [0.25, 0.3) is 0 Å². The molecule has 12 heteroatoms. The molecule has 1 heterocycles. The molecule has 0 saturated heterocycles. The fraction of sp³-hybridized carbons (Fsp3) is 0.0476. The van der Waals surface area contributed by atoms with E-state index in [9.17, 15) is 19.8 Å². The van der Waals surface area contributed by atoms with E-state index in [2.05, 4.69) is 0 Å². The molecule has 2 aliphatic rings. The van der Waals surface area contributed by atoms with Crippen LogP contribution >= 0.6 is 114 Å². The zero-order chi connectivity index (χ0) is 24.5. The molecule has 2 N–H and O–H groups in total. The Morgan fingerprint density at radius 3 is 2.15 bits per heavy atom. The first-order chi connectivity index (χ1) is 15.4. The number of phenolic OH excluding ortho intramolecular Hbond substituents is 1. The van der Waals surface area contributed by atoms with Crippen molar-refractivity contribution in [3.63, 3.8) is 0 Å². The standard InChI is InChI=1S/C21H7Cl4I3O5/c1-4-17(29)7(26)2-5-9(6-3-8(27)18(30)16(28)20(6)33-19(4)5)10-11(21(31)32)13(23)15(25)14(24)12(10)22/h2-3,29H,1H3,(H,31,32). The van der Waals surface area contributed by atoms with E-state index in [1.165, 1.54) is 0 Å². The summed E-state index contributed by atoms with van der Waals surface area (Å²) >= 11 is 31.1. The molecule has 2 aromatic rings. The Bertz CT molecular complexity index is 1570. The van der Waals surface area contributed by atoms with E-state index in [0.717, 1.165) is 0 Å². The van der Waals surface area contributed by atoms with Crippen molar-refractivity contribution in [2.45, 2.75) is 6.92 Å². The van der Waals surface area contributed by atoms with Crippen LogP contribution in [0.4, 0.5) is 0 Å². The lowest BCUT2D eigenvalue weighted by Gasteiger charge is -2.22. The van der Waals surface area contributed by atoms with Gasteiger partial charge in [-0.2, -0.15) is 0 Å². The van der Waals surface area contributed by atoms with Crippen molar-refractivity contribution in [1.82, 2.24) is 0 Å². The van der Waals surface area contributed by atoms with Crippen molar-refractivity contribution in [3.8, 4) is 28.2 Å². The van der Waals surface area contributed by atoms with Crippen molar-refractivity contribution in [2.24, 2.45) is 0 Å². The zero-order valence-electron chi connectivity index (χ0n) is 15.9. The van der Waals surface area contributed by atoms with Crippen LogP contribution in [0.3, 0.4) is 0 Å². The van der Waals surface area contributed by atoms with E-state index in [1.807, 2.05) is 67.8 Å².